The second kappa shape index (κ2) is 8.53. The number of hydrogen-bond donors (Lipinski definition) is 1. The van der Waals surface area contributed by atoms with Crippen LogP contribution >= 0.6 is 27.7 Å². The molecule has 0 aliphatic heterocycles. The first-order chi connectivity index (χ1) is 13.2. The number of fused-ring (bicyclic) bond motifs is 1. The minimum absolute atomic E-state index is 0.191. The van der Waals surface area contributed by atoms with Crippen LogP contribution in [0.1, 0.15) is 48.2 Å². The summed E-state index contributed by atoms with van der Waals surface area (Å²) in [6.45, 7) is 0. The van der Waals surface area contributed by atoms with Crippen LogP contribution in [0.25, 0.3) is 11.0 Å². The van der Waals surface area contributed by atoms with Gasteiger partial charge >= 0.3 is 0 Å². The molecular weight excluding hydrogens is 422 g/mol. The average molecular weight is 444 g/mol. The van der Waals surface area contributed by atoms with Gasteiger partial charge in [0.25, 0.3) is 5.91 Å². The number of nitrogens with one attached hydrogen (secondary N) is 1. The van der Waals surface area contributed by atoms with Crippen LogP contribution in [0, 0.1) is 0 Å². The van der Waals surface area contributed by atoms with Gasteiger partial charge in [-0.25, -0.2) is 0 Å². The fraction of sp³-hybridized carbons (Fsp3) is 0.318. The van der Waals surface area contributed by atoms with Crippen molar-refractivity contribution in [3.63, 3.8) is 0 Å². The molecule has 1 aliphatic carbocycles. The van der Waals surface area contributed by atoms with E-state index in [1.807, 2.05) is 60.3 Å². The highest BCUT2D eigenvalue weighted by molar-refractivity contribution is 9.10. The van der Waals surface area contributed by atoms with E-state index in [9.17, 15) is 4.79 Å². The Balaban J connectivity index is 1.59. The van der Waals surface area contributed by atoms with E-state index in [-0.39, 0.29) is 5.91 Å². The summed E-state index contributed by atoms with van der Waals surface area (Å²) in [5, 5.41) is 4.70. The highest BCUT2D eigenvalue weighted by Gasteiger charge is 2.22. The Bertz CT molecular complexity index is 946. The van der Waals surface area contributed by atoms with Crippen molar-refractivity contribution < 1.29 is 9.21 Å². The Morgan fingerprint density at radius 2 is 1.93 bits per heavy atom. The zero-order valence-electron chi connectivity index (χ0n) is 15.0. The molecule has 1 fully saturated rings. The lowest BCUT2D eigenvalue weighted by atomic mass is 10.0. The predicted octanol–water partition coefficient (Wildman–Crippen LogP) is 7.01. The van der Waals surface area contributed by atoms with Gasteiger partial charge in [0.05, 0.1) is 0 Å². The molecule has 0 unspecified atom stereocenters. The van der Waals surface area contributed by atoms with Crippen molar-refractivity contribution >= 4 is 50.3 Å². The van der Waals surface area contributed by atoms with Gasteiger partial charge in [-0.2, -0.15) is 11.8 Å². The van der Waals surface area contributed by atoms with E-state index >= 15 is 0 Å². The van der Waals surface area contributed by atoms with Gasteiger partial charge in [-0.1, -0.05) is 59.5 Å². The molecule has 1 N–H and O–H groups in total. The number of furan rings is 1. The maximum Gasteiger partial charge on any atom is 0.291 e. The fourth-order valence-electron chi connectivity index (χ4n) is 3.61. The van der Waals surface area contributed by atoms with E-state index in [1.54, 1.807) is 0 Å². The second-order valence-electron chi connectivity index (χ2n) is 6.94. The first kappa shape index (κ1) is 18.6. The smallest absolute Gasteiger partial charge is 0.291 e. The molecule has 1 amide bonds. The number of carbonyl (C=O) groups excluding carboxylic acids is 1. The van der Waals surface area contributed by atoms with Gasteiger partial charge in [0.1, 0.15) is 5.58 Å². The Morgan fingerprint density at radius 1 is 1.11 bits per heavy atom. The van der Waals surface area contributed by atoms with Crippen molar-refractivity contribution in [2.24, 2.45) is 0 Å². The van der Waals surface area contributed by atoms with Crippen LogP contribution in [-0.4, -0.2) is 11.2 Å². The van der Waals surface area contributed by atoms with Crippen LogP contribution in [0.4, 0.5) is 5.69 Å². The highest BCUT2D eigenvalue weighted by Crippen LogP contribution is 2.35. The summed E-state index contributed by atoms with van der Waals surface area (Å²) in [5.41, 5.74) is 2.53. The molecule has 27 heavy (non-hydrogen) atoms. The SMILES string of the molecule is O=C(Nc1cccc(Br)c1)c1oc2ccccc2c1CSC1CCCCC1. The van der Waals surface area contributed by atoms with Crippen molar-refractivity contribution in [1.29, 1.82) is 0 Å². The maximum atomic E-state index is 12.9. The van der Waals surface area contributed by atoms with Crippen LogP contribution < -0.4 is 5.32 Å². The molecule has 1 aliphatic rings. The number of amides is 1. The minimum atomic E-state index is -0.191. The van der Waals surface area contributed by atoms with E-state index < -0.39 is 0 Å². The summed E-state index contributed by atoms with van der Waals surface area (Å²) in [7, 11) is 0. The molecule has 4 rings (SSSR count). The zero-order valence-corrected chi connectivity index (χ0v) is 17.4. The number of hydrogen-bond acceptors (Lipinski definition) is 3. The molecule has 3 aromatic rings. The van der Waals surface area contributed by atoms with Gasteiger partial charge < -0.3 is 9.73 Å². The number of halogens is 1. The zero-order chi connectivity index (χ0) is 18.6. The molecule has 5 heteroatoms. The first-order valence-electron chi connectivity index (χ1n) is 9.39. The number of para-hydroxylation sites is 1. The molecular formula is C22H22BrNO2S. The van der Waals surface area contributed by atoms with E-state index in [4.69, 9.17) is 4.42 Å². The van der Waals surface area contributed by atoms with Crippen LogP contribution in [-0.2, 0) is 5.75 Å². The summed E-state index contributed by atoms with van der Waals surface area (Å²) < 4.78 is 6.89. The standard InChI is InChI=1S/C22H22BrNO2S/c23-15-7-6-8-16(13-15)24-22(25)21-19(14-27-17-9-2-1-3-10-17)18-11-4-5-12-20(18)26-21/h4-8,11-13,17H,1-3,9-10,14H2,(H,24,25). The van der Waals surface area contributed by atoms with E-state index in [1.165, 1.54) is 32.1 Å². The van der Waals surface area contributed by atoms with Gasteiger partial charge in [0, 0.05) is 32.1 Å². The highest BCUT2D eigenvalue weighted by atomic mass is 79.9. The molecule has 3 nitrogen and oxygen atoms in total. The molecule has 0 bridgehead atoms. The lowest BCUT2D eigenvalue weighted by Crippen LogP contribution is -2.13. The van der Waals surface area contributed by atoms with Gasteiger partial charge in [0.15, 0.2) is 5.76 Å². The second-order valence-corrected chi connectivity index (χ2v) is 9.15. The minimum Gasteiger partial charge on any atom is -0.451 e. The number of benzene rings is 2. The average Bonchev–Trinajstić information content (AvgIpc) is 3.06. The molecule has 0 spiro atoms. The van der Waals surface area contributed by atoms with Crippen molar-refractivity contribution in [2.45, 2.75) is 43.1 Å². The third-order valence-corrected chi connectivity index (χ3v) is 6.89. The summed E-state index contributed by atoms with van der Waals surface area (Å²) in [6.07, 6.45) is 6.55. The van der Waals surface area contributed by atoms with Gasteiger partial charge in [-0.3, -0.25) is 4.79 Å². The molecule has 1 saturated carbocycles. The predicted molar refractivity (Wildman–Crippen MR) is 116 cm³/mol. The molecule has 1 heterocycles. The third kappa shape index (κ3) is 4.41. The largest absolute Gasteiger partial charge is 0.451 e. The van der Waals surface area contributed by atoms with Crippen molar-refractivity contribution in [3.8, 4) is 0 Å². The lowest BCUT2D eigenvalue weighted by Gasteiger charge is -2.20. The first-order valence-corrected chi connectivity index (χ1v) is 11.2. The van der Waals surface area contributed by atoms with Crippen LogP contribution in [0.15, 0.2) is 57.4 Å². The quantitative estimate of drug-likeness (QED) is 0.460. The lowest BCUT2D eigenvalue weighted by molar-refractivity contribution is 0.0998. The van der Waals surface area contributed by atoms with Gasteiger partial charge in [-0.15, -0.1) is 0 Å². The fourth-order valence-corrected chi connectivity index (χ4v) is 5.37. The van der Waals surface area contributed by atoms with Crippen LogP contribution in [0.5, 0.6) is 0 Å². The Hall–Kier alpha value is -1.72. The normalized spacial score (nSPS) is 15.1. The van der Waals surface area contributed by atoms with Gasteiger partial charge in [-0.05, 0) is 37.1 Å². The van der Waals surface area contributed by atoms with Crippen molar-refractivity contribution in [3.05, 3.63) is 64.3 Å². The monoisotopic (exact) mass is 443 g/mol. The Morgan fingerprint density at radius 3 is 2.74 bits per heavy atom. The van der Waals surface area contributed by atoms with E-state index in [0.29, 0.717) is 11.0 Å². The summed E-state index contributed by atoms with van der Waals surface area (Å²) in [6, 6.07) is 15.5. The topological polar surface area (TPSA) is 42.2 Å². The molecule has 0 radical (unpaired) electrons. The van der Waals surface area contributed by atoms with E-state index in [2.05, 4.69) is 21.2 Å². The van der Waals surface area contributed by atoms with Crippen molar-refractivity contribution in [1.82, 2.24) is 0 Å². The number of carbonyl (C=O) groups is 1. The maximum absolute atomic E-state index is 12.9. The number of anilines is 1. The van der Waals surface area contributed by atoms with Gasteiger partial charge in [0.2, 0.25) is 0 Å². The summed E-state index contributed by atoms with van der Waals surface area (Å²) >= 11 is 5.40. The van der Waals surface area contributed by atoms with Crippen LogP contribution in [0.3, 0.4) is 0 Å². The summed E-state index contributed by atoms with van der Waals surface area (Å²) in [5.74, 6) is 1.05. The Labute approximate surface area is 172 Å². The molecule has 1 aromatic heterocycles. The van der Waals surface area contributed by atoms with Crippen molar-refractivity contribution in [2.75, 3.05) is 5.32 Å². The third-order valence-electron chi connectivity index (χ3n) is 5.00. The number of thioether (sulfide) groups is 1. The molecule has 0 saturated heterocycles. The van der Waals surface area contributed by atoms with E-state index in [0.717, 1.165) is 32.4 Å². The summed E-state index contributed by atoms with van der Waals surface area (Å²) in [4.78, 5) is 12.9. The van der Waals surface area contributed by atoms with Crippen LogP contribution in [0.2, 0.25) is 0 Å². The number of rotatable bonds is 5. The molecule has 140 valence electrons. The molecule has 0 atom stereocenters. The molecule has 2 aromatic carbocycles. The Kier molecular flexibility index (Phi) is 5.89.